The number of esters is 1. The summed E-state index contributed by atoms with van der Waals surface area (Å²) < 4.78 is 4.65. The Morgan fingerprint density at radius 3 is 2.92 bits per heavy atom. The van der Waals surface area contributed by atoms with Gasteiger partial charge in [-0.1, -0.05) is 0 Å². The minimum atomic E-state index is -0.182. The zero-order chi connectivity index (χ0) is 9.84. The van der Waals surface area contributed by atoms with Gasteiger partial charge in [-0.2, -0.15) is 0 Å². The SMILES string of the molecule is COC(=O)C1CCC[C+](C(=N)N)C1. The van der Waals surface area contributed by atoms with Gasteiger partial charge < -0.3 is 10.5 Å². The van der Waals surface area contributed by atoms with Crippen molar-refractivity contribution in [3.63, 3.8) is 0 Å². The molecule has 0 radical (unpaired) electrons. The first-order chi connectivity index (χ1) is 6.15. The molecule has 0 amide bonds. The highest BCUT2D eigenvalue weighted by atomic mass is 16.5. The van der Waals surface area contributed by atoms with E-state index in [-0.39, 0.29) is 17.7 Å². The molecule has 0 aliphatic heterocycles. The zero-order valence-electron chi connectivity index (χ0n) is 7.80. The van der Waals surface area contributed by atoms with Crippen LogP contribution in [0.4, 0.5) is 0 Å². The second-order valence-corrected chi connectivity index (χ2v) is 3.33. The molecule has 0 bridgehead atoms. The molecule has 3 N–H and O–H groups in total. The standard InChI is InChI=1S/C9H15N2O2/c1-13-9(12)7-4-2-3-6(5-7)8(10)11/h7H,2-5H2,1H3,(H3,10,11)/q+1. The summed E-state index contributed by atoms with van der Waals surface area (Å²) in [6, 6.07) is 0. The summed E-state index contributed by atoms with van der Waals surface area (Å²) >= 11 is 0. The van der Waals surface area contributed by atoms with Crippen LogP contribution in [0.5, 0.6) is 0 Å². The van der Waals surface area contributed by atoms with Crippen molar-refractivity contribution < 1.29 is 9.53 Å². The average molecular weight is 183 g/mol. The topological polar surface area (TPSA) is 76.2 Å². The third-order valence-electron chi connectivity index (χ3n) is 2.44. The molecule has 0 aromatic rings. The summed E-state index contributed by atoms with van der Waals surface area (Å²) in [5.74, 6) is 0.742. The number of methoxy groups -OCH3 is 1. The molecule has 1 aliphatic rings. The van der Waals surface area contributed by atoms with Crippen LogP contribution in [0.25, 0.3) is 0 Å². The summed E-state index contributed by atoms with van der Waals surface area (Å²) in [7, 11) is 1.39. The van der Waals surface area contributed by atoms with Gasteiger partial charge in [-0.15, -0.1) is 0 Å². The Hall–Kier alpha value is -1.19. The molecule has 0 aromatic heterocycles. The van der Waals surface area contributed by atoms with Crippen LogP contribution in [-0.2, 0) is 9.53 Å². The summed E-state index contributed by atoms with van der Waals surface area (Å²) in [5, 5.41) is 7.27. The molecule has 1 unspecified atom stereocenters. The monoisotopic (exact) mass is 183 g/mol. The predicted octanol–water partition coefficient (Wildman–Crippen LogP) is 0.860. The summed E-state index contributed by atoms with van der Waals surface area (Å²) in [5.41, 5.74) is 5.37. The van der Waals surface area contributed by atoms with E-state index >= 15 is 0 Å². The first-order valence-electron chi connectivity index (χ1n) is 4.42. The second kappa shape index (κ2) is 4.16. The molecule has 0 spiro atoms. The van der Waals surface area contributed by atoms with E-state index in [0.29, 0.717) is 6.42 Å². The number of rotatable bonds is 2. The number of carbonyl (C=O) groups excluding carboxylic acids is 1. The lowest BCUT2D eigenvalue weighted by Crippen LogP contribution is -2.30. The number of hydrogen-bond acceptors (Lipinski definition) is 3. The molecular formula is C9H15N2O2+. The second-order valence-electron chi connectivity index (χ2n) is 3.33. The Bertz CT molecular complexity index is 216. The predicted molar refractivity (Wildman–Crippen MR) is 49.1 cm³/mol. The first kappa shape index (κ1) is 9.89. The maximum absolute atomic E-state index is 11.2. The van der Waals surface area contributed by atoms with Crippen LogP contribution in [0.3, 0.4) is 0 Å². The lowest BCUT2D eigenvalue weighted by Gasteiger charge is -2.18. The van der Waals surface area contributed by atoms with Gasteiger partial charge in [0.15, 0.2) is 5.92 Å². The van der Waals surface area contributed by atoms with Crippen molar-refractivity contribution >= 4 is 11.8 Å². The number of nitrogens with two attached hydrogens (primary N) is 1. The van der Waals surface area contributed by atoms with Gasteiger partial charge in [0, 0.05) is 0 Å². The molecule has 1 saturated carbocycles. The highest BCUT2D eigenvalue weighted by Crippen LogP contribution is 2.30. The Morgan fingerprint density at radius 2 is 2.38 bits per heavy atom. The molecule has 1 aliphatic carbocycles. The van der Waals surface area contributed by atoms with Gasteiger partial charge in [-0.25, -0.2) is 5.41 Å². The van der Waals surface area contributed by atoms with Crippen LogP contribution in [0.1, 0.15) is 25.7 Å². The van der Waals surface area contributed by atoms with Crippen molar-refractivity contribution in [3.05, 3.63) is 5.92 Å². The number of hydrogen-bond donors (Lipinski definition) is 2. The minimum Gasteiger partial charge on any atom is -0.469 e. The van der Waals surface area contributed by atoms with Crippen molar-refractivity contribution in [2.75, 3.05) is 7.11 Å². The van der Waals surface area contributed by atoms with Crippen molar-refractivity contribution in [1.82, 2.24) is 0 Å². The van der Waals surface area contributed by atoms with Gasteiger partial charge in [0.05, 0.1) is 19.4 Å². The van der Waals surface area contributed by atoms with Crippen molar-refractivity contribution in [2.45, 2.75) is 25.7 Å². The van der Waals surface area contributed by atoms with Crippen molar-refractivity contribution in [1.29, 1.82) is 5.41 Å². The smallest absolute Gasteiger partial charge is 0.313 e. The van der Waals surface area contributed by atoms with Gasteiger partial charge in [-0.3, -0.25) is 4.79 Å². The molecule has 13 heavy (non-hydrogen) atoms. The van der Waals surface area contributed by atoms with Crippen LogP contribution >= 0.6 is 0 Å². The van der Waals surface area contributed by atoms with E-state index in [1.807, 2.05) is 0 Å². The van der Waals surface area contributed by atoms with E-state index in [1.54, 1.807) is 0 Å². The largest absolute Gasteiger partial charge is 0.469 e. The van der Waals surface area contributed by atoms with Gasteiger partial charge >= 0.3 is 5.97 Å². The fourth-order valence-corrected chi connectivity index (χ4v) is 1.68. The lowest BCUT2D eigenvalue weighted by molar-refractivity contribution is -0.146. The molecule has 4 nitrogen and oxygen atoms in total. The van der Waals surface area contributed by atoms with Crippen LogP contribution in [0, 0.1) is 17.2 Å². The van der Waals surface area contributed by atoms with E-state index in [2.05, 4.69) is 4.74 Å². The normalized spacial score (nSPS) is 22.5. The number of carbonyl (C=O) groups is 1. The fourth-order valence-electron chi connectivity index (χ4n) is 1.68. The maximum atomic E-state index is 11.2. The van der Waals surface area contributed by atoms with Crippen LogP contribution in [-0.4, -0.2) is 18.9 Å². The highest BCUT2D eigenvalue weighted by molar-refractivity contribution is 5.91. The van der Waals surface area contributed by atoms with Gasteiger partial charge in [0.2, 0.25) is 0 Å². The van der Waals surface area contributed by atoms with Crippen LogP contribution in [0.15, 0.2) is 0 Å². The molecule has 0 heterocycles. The Kier molecular flexibility index (Phi) is 3.17. The molecule has 72 valence electrons. The minimum absolute atomic E-state index is 0.0855. The van der Waals surface area contributed by atoms with E-state index in [9.17, 15) is 4.79 Å². The molecule has 1 atom stereocenters. The quantitative estimate of drug-likeness (QED) is 0.288. The zero-order valence-corrected chi connectivity index (χ0v) is 7.80. The Balaban J connectivity index is 2.51. The van der Waals surface area contributed by atoms with E-state index in [4.69, 9.17) is 11.1 Å². The number of nitrogens with one attached hydrogen (secondary N) is 1. The lowest BCUT2D eigenvalue weighted by atomic mass is 9.81. The highest BCUT2D eigenvalue weighted by Gasteiger charge is 2.37. The van der Waals surface area contributed by atoms with E-state index in [0.717, 1.165) is 25.2 Å². The molecule has 1 fully saturated rings. The third-order valence-corrected chi connectivity index (χ3v) is 2.44. The van der Waals surface area contributed by atoms with Gasteiger partial charge in [0.1, 0.15) is 6.42 Å². The number of ether oxygens (including phenoxy) is 1. The molecule has 0 saturated heterocycles. The van der Waals surface area contributed by atoms with Crippen molar-refractivity contribution in [2.24, 2.45) is 11.7 Å². The molecular weight excluding hydrogens is 168 g/mol. The maximum Gasteiger partial charge on any atom is 0.313 e. The van der Waals surface area contributed by atoms with Crippen LogP contribution < -0.4 is 5.73 Å². The Morgan fingerprint density at radius 1 is 1.69 bits per heavy atom. The van der Waals surface area contributed by atoms with E-state index < -0.39 is 0 Å². The summed E-state index contributed by atoms with van der Waals surface area (Å²) in [6.07, 6.45) is 3.23. The van der Waals surface area contributed by atoms with Crippen LogP contribution in [0.2, 0.25) is 0 Å². The summed E-state index contributed by atoms with van der Waals surface area (Å²) in [4.78, 5) is 11.2. The first-order valence-corrected chi connectivity index (χ1v) is 4.42. The summed E-state index contributed by atoms with van der Waals surface area (Å²) in [6.45, 7) is 0. The molecule has 0 aromatic carbocycles. The van der Waals surface area contributed by atoms with Crippen molar-refractivity contribution in [3.8, 4) is 0 Å². The van der Waals surface area contributed by atoms with Gasteiger partial charge in [-0.05, 0) is 12.8 Å². The van der Waals surface area contributed by atoms with E-state index in [1.165, 1.54) is 7.11 Å². The third kappa shape index (κ3) is 2.37. The molecule has 4 heteroatoms. The number of amidine groups is 1. The average Bonchev–Trinajstić information content (AvgIpc) is 2.17. The fraction of sp³-hybridized carbons (Fsp3) is 0.667. The van der Waals surface area contributed by atoms with Gasteiger partial charge in [0.25, 0.3) is 5.84 Å². The Labute approximate surface area is 78.0 Å². The molecule has 1 rings (SSSR count).